The zero-order valence-corrected chi connectivity index (χ0v) is 19.3. The predicted molar refractivity (Wildman–Crippen MR) is 122 cm³/mol. The highest BCUT2D eigenvalue weighted by molar-refractivity contribution is 7.91. The number of aromatic nitrogens is 1. The number of thiophene rings is 1. The summed E-state index contributed by atoms with van der Waals surface area (Å²) in [4.78, 5) is 17.8. The molecular weight excluding hydrogens is 454 g/mol. The van der Waals surface area contributed by atoms with Crippen LogP contribution in [0.4, 0.5) is 0 Å². The summed E-state index contributed by atoms with van der Waals surface area (Å²) in [7, 11) is -1.89. The van der Waals surface area contributed by atoms with Gasteiger partial charge in [0.05, 0.1) is 23.9 Å². The van der Waals surface area contributed by atoms with E-state index < -0.39 is 10.0 Å². The highest BCUT2D eigenvalue weighted by Gasteiger charge is 2.32. The molecule has 0 radical (unpaired) electrons. The lowest BCUT2D eigenvalue weighted by molar-refractivity contribution is -0.122. The molecule has 0 spiro atoms. The SMILES string of the molecule is C#CCn1c(=NC(=O)C2CCN(S(=O)(=O)c3cccs3)CC2)sc2cc(OC)ccc21. The molecule has 1 amide bonds. The Balaban J connectivity index is 1.55. The van der Waals surface area contributed by atoms with Crippen LogP contribution in [0.2, 0.25) is 0 Å². The van der Waals surface area contributed by atoms with Gasteiger partial charge in [0, 0.05) is 19.0 Å². The van der Waals surface area contributed by atoms with Crippen molar-refractivity contribution in [1.29, 1.82) is 0 Å². The molecule has 0 N–H and O–H groups in total. The standard InChI is InChI=1S/C21H21N3O4S3/c1-3-10-24-17-7-6-16(28-2)14-18(17)30-21(24)22-20(25)15-8-11-23(12-9-15)31(26,27)19-5-4-13-29-19/h1,4-7,13-15H,8-12H2,2H3. The largest absolute Gasteiger partial charge is 0.497 e. The minimum Gasteiger partial charge on any atom is -0.497 e. The topological polar surface area (TPSA) is 81.0 Å². The normalized spacial score (nSPS) is 16.5. The molecule has 1 aromatic carbocycles. The van der Waals surface area contributed by atoms with Gasteiger partial charge in [-0.3, -0.25) is 4.79 Å². The maximum atomic E-state index is 12.9. The van der Waals surface area contributed by atoms with Gasteiger partial charge in [-0.2, -0.15) is 9.30 Å². The van der Waals surface area contributed by atoms with Crippen molar-refractivity contribution in [2.75, 3.05) is 20.2 Å². The minimum absolute atomic E-state index is 0.238. The van der Waals surface area contributed by atoms with Crippen LogP contribution in [0, 0.1) is 18.3 Å². The van der Waals surface area contributed by atoms with Gasteiger partial charge in [0.25, 0.3) is 15.9 Å². The molecule has 1 aliphatic heterocycles. The Morgan fingerprint density at radius 2 is 2.10 bits per heavy atom. The van der Waals surface area contributed by atoms with Crippen molar-refractivity contribution in [1.82, 2.24) is 8.87 Å². The molecular formula is C21H21N3O4S3. The van der Waals surface area contributed by atoms with Gasteiger partial charge in [0.1, 0.15) is 9.96 Å². The van der Waals surface area contributed by atoms with Gasteiger partial charge in [-0.25, -0.2) is 8.42 Å². The number of carbonyl (C=O) groups is 1. The Kier molecular flexibility index (Phi) is 6.29. The maximum absolute atomic E-state index is 12.9. The Labute approximate surface area is 188 Å². The average Bonchev–Trinajstić information content (AvgIpc) is 3.43. The van der Waals surface area contributed by atoms with E-state index in [9.17, 15) is 13.2 Å². The van der Waals surface area contributed by atoms with Gasteiger partial charge in [-0.05, 0) is 42.5 Å². The molecule has 3 heterocycles. The second-order valence-corrected chi connectivity index (χ2v) is 11.2. The first kappa shape index (κ1) is 21.8. The first-order chi connectivity index (χ1) is 14.9. The van der Waals surface area contributed by atoms with Crippen LogP contribution in [0.15, 0.2) is 44.9 Å². The molecule has 31 heavy (non-hydrogen) atoms. The summed E-state index contributed by atoms with van der Waals surface area (Å²) in [5.41, 5.74) is 0.896. The summed E-state index contributed by atoms with van der Waals surface area (Å²) in [6.07, 6.45) is 6.42. The smallest absolute Gasteiger partial charge is 0.252 e. The van der Waals surface area contributed by atoms with Crippen LogP contribution in [0.3, 0.4) is 0 Å². The highest BCUT2D eigenvalue weighted by atomic mass is 32.2. The second kappa shape index (κ2) is 8.96. The van der Waals surface area contributed by atoms with E-state index in [4.69, 9.17) is 11.2 Å². The summed E-state index contributed by atoms with van der Waals surface area (Å²) in [5, 5.41) is 1.74. The molecule has 0 bridgehead atoms. The fourth-order valence-electron chi connectivity index (χ4n) is 3.58. The molecule has 0 unspecified atom stereocenters. The lowest BCUT2D eigenvalue weighted by Gasteiger charge is -2.29. The van der Waals surface area contributed by atoms with Crippen LogP contribution in [0.5, 0.6) is 5.75 Å². The van der Waals surface area contributed by atoms with Crippen LogP contribution >= 0.6 is 22.7 Å². The first-order valence-corrected chi connectivity index (χ1v) is 12.8. The Morgan fingerprint density at radius 3 is 2.74 bits per heavy atom. The number of methoxy groups -OCH3 is 1. The number of hydrogen-bond donors (Lipinski definition) is 0. The number of terminal acetylenes is 1. The van der Waals surface area contributed by atoms with E-state index in [0.29, 0.717) is 41.5 Å². The van der Waals surface area contributed by atoms with Crippen molar-refractivity contribution in [2.45, 2.75) is 23.6 Å². The molecule has 1 fully saturated rings. The van der Waals surface area contributed by atoms with Gasteiger partial charge in [-0.1, -0.05) is 23.3 Å². The first-order valence-electron chi connectivity index (χ1n) is 9.67. The molecule has 0 saturated carbocycles. The molecule has 4 rings (SSSR count). The molecule has 162 valence electrons. The lowest BCUT2D eigenvalue weighted by Crippen LogP contribution is -2.40. The van der Waals surface area contributed by atoms with Gasteiger partial charge >= 0.3 is 0 Å². The number of sulfonamides is 1. The van der Waals surface area contributed by atoms with E-state index in [2.05, 4.69) is 10.9 Å². The van der Waals surface area contributed by atoms with Crippen LogP contribution in [0.25, 0.3) is 10.2 Å². The summed E-state index contributed by atoms with van der Waals surface area (Å²) >= 11 is 2.59. The fraction of sp³-hybridized carbons (Fsp3) is 0.333. The highest BCUT2D eigenvalue weighted by Crippen LogP contribution is 2.27. The number of piperidine rings is 1. The Morgan fingerprint density at radius 1 is 1.32 bits per heavy atom. The van der Waals surface area contributed by atoms with Crippen molar-refractivity contribution in [3.8, 4) is 18.1 Å². The van der Waals surface area contributed by atoms with Crippen LogP contribution in [-0.4, -0.2) is 43.4 Å². The predicted octanol–water partition coefficient (Wildman–Crippen LogP) is 2.93. The zero-order valence-electron chi connectivity index (χ0n) is 16.9. The van der Waals surface area contributed by atoms with Gasteiger partial charge < -0.3 is 9.30 Å². The van der Waals surface area contributed by atoms with Crippen molar-refractivity contribution < 1.29 is 17.9 Å². The van der Waals surface area contributed by atoms with E-state index >= 15 is 0 Å². The third-order valence-electron chi connectivity index (χ3n) is 5.24. The third kappa shape index (κ3) is 4.32. The lowest BCUT2D eigenvalue weighted by atomic mass is 9.98. The van der Waals surface area contributed by atoms with Crippen LogP contribution in [-0.2, 0) is 21.4 Å². The quantitative estimate of drug-likeness (QED) is 0.532. The monoisotopic (exact) mass is 475 g/mol. The Bertz CT molecular complexity index is 1310. The number of fused-ring (bicyclic) bond motifs is 1. The van der Waals surface area contributed by atoms with Crippen LogP contribution < -0.4 is 9.54 Å². The number of ether oxygens (including phenoxy) is 1. The third-order valence-corrected chi connectivity index (χ3v) is 9.55. The van der Waals surface area contributed by atoms with E-state index in [1.807, 2.05) is 22.8 Å². The number of carbonyl (C=O) groups excluding carboxylic acids is 1. The van der Waals surface area contributed by atoms with Crippen molar-refractivity contribution >= 4 is 48.8 Å². The molecule has 10 heteroatoms. The van der Waals surface area contributed by atoms with Crippen LogP contribution in [0.1, 0.15) is 12.8 Å². The van der Waals surface area contributed by atoms with E-state index in [0.717, 1.165) is 16.0 Å². The number of nitrogens with zero attached hydrogens (tertiary/aromatic N) is 3. The number of amides is 1. The summed E-state index contributed by atoms with van der Waals surface area (Å²) in [6.45, 7) is 0.913. The van der Waals surface area contributed by atoms with Gasteiger partial charge in [0.2, 0.25) is 0 Å². The summed E-state index contributed by atoms with van der Waals surface area (Å²) in [5.74, 6) is 2.79. The van der Waals surface area contributed by atoms with Crippen molar-refractivity contribution in [3.63, 3.8) is 0 Å². The van der Waals surface area contributed by atoms with E-state index in [-0.39, 0.29) is 11.8 Å². The molecule has 2 aromatic heterocycles. The van der Waals surface area contributed by atoms with Gasteiger partial charge in [-0.15, -0.1) is 17.8 Å². The van der Waals surface area contributed by atoms with E-state index in [1.165, 1.54) is 27.0 Å². The zero-order chi connectivity index (χ0) is 22.0. The molecule has 0 atom stereocenters. The molecule has 1 saturated heterocycles. The number of thiazole rings is 1. The molecule has 3 aromatic rings. The average molecular weight is 476 g/mol. The number of hydrogen-bond acceptors (Lipinski definition) is 6. The van der Waals surface area contributed by atoms with Crippen molar-refractivity contribution in [3.05, 3.63) is 40.5 Å². The number of benzene rings is 1. The van der Waals surface area contributed by atoms with E-state index in [1.54, 1.807) is 24.6 Å². The summed E-state index contributed by atoms with van der Waals surface area (Å²) < 4.78 is 35.2. The molecule has 0 aliphatic carbocycles. The second-order valence-electron chi connectivity index (χ2n) is 7.07. The minimum atomic E-state index is -3.49. The molecule has 7 nitrogen and oxygen atoms in total. The fourth-order valence-corrected chi connectivity index (χ4v) is 7.25. The maximum Gasteiger partial charge on any atom is 0.252 e. The molecule has 1 aliphatic rings. The van der Waals surface area contributed by atoms with Gasteiger partial charge in [0.15, 0.2) is 4.80 Å². The Hall–Kier alpha value is -2.45. The van der Waals surface area contributed by atoms with Crippen molar-refractivity contribution in [2.24, 2.45) is 10.9 Å². The summed E-state index contributed by atoms with van der Waals surface area (Å²) in [6, 6.07) is 8.97. The number of rotatable bonds is 5.